The molecule has 0 N–H and O–H groups in total. The summed E-state index contributed by atoms with van der Waals surface area (Å²) in [6.07, 6.45) is -1.97. The lowest BCUT2D eigenvalue weighted by atomic mass is 10.1. The van der Waals surface area contributed by atoms with Gasteiger partial charge in [-0.2, -0.15) is 9.59 Å². The van der Waals surface area contributed by atoms with Gasteiger partial charge in [0.1, 0.15) is 16.9 Å². The Morgan fingerprint density at radius 2 is 1.34 bits per heavy atom. The molecule has 1 aromatic carbocycles. The Labute approximate surface area is 171 Å². The predicted octanol–water partition coefficient (Wildman–Crippen LogP) is 4.97. The van der Waals surface area contributed by atoms with Crippen molar-refractivity contribution in [2.75, 3.05) is 4.90 Å². The third-order valence-electron chi connectivity index (χ3n) is 3.69. The standard InChI is InChI=1S/C22H28N2O5/c1-15-13-14-17(16-11-9-8-10-12-16)18(24(15)27)23(19(25)28-21(2,3)4)20(26)29-22(5,6)7/h8-14H,1-7H3. The minimum absolute atomic E-state index is 0.167. The van der Waals surface area contributed by atoms with Gasteiger partial charge >= 0.3 is 18.0 Å². The lowest BCUT2D eigenvalue weighted by Gasteiger charge is -2.26. The molecule has 2 rings (SSSR count). The topological polar surface area (TPSA) is 82.8 Å². The Morgan fingerprint density at radius 3 is 1.79 bits per heavy atom. The molecular formula is C22H28N2O5. The van der Waals surface area contributed by atoms with E-state index in [1.54, 1.807) is 84.9 Å². The molecule has 0 radical (unpaired) electrons. The molecule has 0 saturated heterocycles. The van der Waals surface area contributed by atoms with Crippen LogP contribution in [0.4, 0.5) is 15.4 Å². The van der Waals surface area contributed by atoms with E-state index in [4.69, 9.17) is 9.47 Å². The Morgan fingerprint density at radius 1 is 0.862 bits per heavy atom. The normalized spacial score (nSPS) is 11.7. The molecule has 1 aromatic heterocycles. The first-order valence-electron chi connectivity index (χ1n) is 9.35. The zero-order valence-corrected chi connectivity index (χ0v) is 18.0. The van der Waals surface area contributed by atoms with E-state index < -0.39 is 23.4 Å². The summed E-state index contributed by atoms with van der Waals surface area (Å²) in [6.45, 7) is 11.7. The molecule has 29 heavy (non-hydrogen) atoms. The van der Waals surface area contributed by atoms with Gasteiger partial charge in [-0.1, -0.05) is 35.2 Å². The summed E-state index contributed by atoms with van der Waals surface area (Å²) < 4.78 is 11.4. The summed E-state index contributed by atoms with van der Waals surface area (Å²) in [6, 6.07) is 12.3. The van der Waals surface area contributed by atoms with Gasteiger partial charge in [0, 0.05) is 0 Å². The van der Waals surface area contributed by atoms with Crippen LogP contribution in [0.2, 0.25) is 0 Å². The van der Waals surface area contributed by atoms with Crippen LogP contribution in [0.1, 0.15) is 47.2 Å². The summed E-state index contributed by atoms with van der Waals surface area (Å²) in [5.41, 5.74) is -0.354. The lowest BCUT2D eigenvalue weighted by Crippen LogP contribution is -2.50. The lowest BCUT2D eigenvalue weighted by molar-refractivity contribution is -0.597. The summed E-state index contributed by atoms with van der Waals surface area (Å²) >= 11 is 0. The van der Waals surface area contributed by atoms with Gasteiger partial charge < -0.3 is 14.7 Å². The maximum absolute atomic E-state index is 13.0. The summed E-state index contributed by atoms with van der Waals surface area (Å²) in [7, 11) is 0. The van der Waals surface area contributed by atoms with Crippen molar-refractivity contribution in [1.29, 1.82) is 0 Å². The molecule has 0 bridgehead atoms. The Bertz CT molecular complexity index is 868. The van der Waals surface area contributed by atoms with Crippen molar-refractivity contribution >= 4 is 18.0 Å². The Kier molecular flexibility index (Phi) is 6.21. The van der Waals surface area contributed by atoms with Crippen LogP contribution < -0.4 is 9.63 Å². The quantitative estimate of drug-likeness (QED) is 0.525. The van der Waals surface area contributed by atoms with Crippen LogP contribution in [-0.4, -0.2) is 23.4 Å². The molecule has 156 valence electrons. The summed E-state index contributed by atoms with van der Waals surface area (Å²) in [4.78, 5) is 26.6. The van der Waals surface area contributed by atoms with Crippen LogP contribution in [0.15, 0.2) is 42.5 Å². The molecule has 7 nitrogen and oxygen atoms in total. The zero-order chi connectivity index (χ0) is 22.0. The van der Waals surface area contributed by atoms with Gasteiger partial charge in [0.25, 0.3) is 0 Å². The number of pyridine rings is 1. The molecule has 7 heteroatoms. The van der Waals surface area contributed by atoms with Crippen molar-refractivity contribution in [3.63, 3.8) is 0 Å². The number of ether oxygens (including phenoxy) is 2. The van der Waals surface area contributed by atoms with Gasteiger partial charge in [-0.15, -0.1) is 0 Å². The van der Waals surface area contributed by atoms with Gasteiger partial charge in [0.05, 0.1) is 5.56 Å². The van der Waals surface area contributed by atoms with E-state index in [9.17, 15) is 14.8 Å². The van der Waals surface area contributed by atoms with Crippen LogP contribution in [-0.2, 0) is 9.47 Å². The predicted molar refractivity (Wildman–Crippen MR) is 111 cm³/mol. The van der Waals surface area contributed by atoms with E-state index in [2.05, 4.69) is 0 Å². The van der Waals surface area contributed by atoms with Crippen LogP contribution in [0.25, 0.3) is 11.1 Å². The summed E-state index contributed by atoms with van der Waals surface area (Å²) in [5, 5.41) is 13.0. The molecule has 2 amide bonds. The van der Waals surface area contributed by atoms with Crippen LogP contribution in [0, 0.1) is 12.1 Å². The first-order chi connectivity index (χ1) is 13.3. The number of hydrogen-bond acceptors (Lipinski definition) is 5. The van der Waals surface area contributed by atoms with Crippen molar-refractivity contribution in [1.82, 2.24) is 0 Å². The fraction of sp³-hybridized carbons (Fsp3) is 0.409. The molecule has 0 unspecified atom stereocenters. The van der Waals surface area contributed by atoms with Crippen molar-refractivity contribution < 1.29 is 23.8 Å². The fourth-order valence-electron chi connectivity index (χ4n) is 2.54. The molecule has 0 fully saturated rings. The second-order valence-electron chi connectivity index (χ2n) is 8.67. The number of rotatable bonds is 2. The molecule has 0 spiro atoms. The summed E-state index contributed by atoms with van der Waals surface area (Å²) in [5.74, 6) is -0.167. The molecule has 1 heterocycles. The number of anilines is 1. The SMILES string of the molecule is Cc1ccc(-c2ccccc2)c(N(C(=O)OC(C)(C)C)C(=O)OC(C)(C)C)[n+]1[O-]. The van der Waals surface area contributed by atoms with Crippen LogP contribution >= 0.6 is 0 Å². The smallest absolute Gasteiger partial charge is 0.518 e. The third kappa shape index (κ3) is 5.70. The first-order valence-corrected chi connectivity index (χ1v) is 9.35. The highest BCUT2D eigenvalue weighted by molar-refractivity contribution is 6.10. The van der Waals surface area contributed by atoms with Crippen molar-refractivity contribution in [3.05, 3.63) is 53.4 Å². The molecular weight excluding hydrogens is 372 g/mol. The number of aryl methyl sites for hydroxylation is 1. The molecule has 0 aliphatic heterocycles. The number of carbonyl (C=O) groups excluding carboxylic acids is 2. The van der Waals surface area contributed by atoms with E-state index in [0.717, 1.165) is 0 Å². The second kappa shape index (κ2) is 8.11. The highest BCUT2D eigenvalue weighted by Crippen LogP contribution is 2.30. The number of amides is 2. The largest absolute Gasteiger partial charge is 0.710 e. The van der Waals surface area contributed by atoms with Gasteiger partial charge in [0.15, 0.2) is 0 Å². The number of imide groups is 1. The minimum Gasteiger partial charge on any atom is -0.710 e. The number of carbonyl (C=O) groups is 2. The van der Waals surface area contributed by atoms with Crippen LogP contribution in [0.5, 0.6) is 0 Å². The van der Waals surface area contributed by atoms with Gasteiger partial charge in [-0.3, -0.25) is 0 Å². The second-order valence-corrected chi connectivity index (χ2v) is 8.67. The van der Waals surface area contributed by atoms with E-state index in [0.29, 0.717) is 26.5 Å². The number of benzene rings is 1. The maximum Gasteiger partial charge on any atom is 0.518 e. The Balaban J connectivity index is 2.71. The van der Waals surface area contributed by atoms with Gasteiger partial charge in [-0.25, -0.2) is 4.73 Å². The average Bonchev–Trinajstić information content (AvgIpc) is 2.56. The van der Waals surface area contributed by atoms with Crippen molar-refractivity contribution in [2.45, 2.75) is 59.7 Å². The number of aromatic nitrogens is 1. The van der Waals surface area contributed by atoms with E-state index in [-0.39, 0.29) is 5.82 Å². The monoisotopic (exact) mass is 400 g/mol. The molecule has 0 aliphatic rings. The maximum atomic E-state index is 13.0. The highest BCUT2D eigenvalue weighted by Gasteiger charge is 2.43. The van der Waals surface area contributed by atoms with E-state index in [1.807, 2.05) is 6.07 Å². The van der Waals surface area contributed by atoms with E-state index in [1.165, 1.54) is 0 Å². The van der Waals surface area contributed by atoms with E-state index >= 15 is 0 Å². The minimum atomic E-state index is -0.987. The van der Waals surface area contributed by atoms with Crippen molar-refractivity contribution in [3.8, 4) is 11.1 Å². The van der Waals surface area contributed by atoms with Crippen LogP contribution in [0.3, 0.4) is 0 Å². The average molecular weight is 400 g/mol. The van der Waals surface area contributed by atoms with Gasteiger partial charge in [0.2, 0.25) is 0 Å². The Hall–Kier alpha value is -3.09. The fourth-order valence-corrected chi connectivity index (χ4v) is 2.54. The molecule has 0 saturated carbocycles. The first kappa shape index (κ1) is 22.2. The number of hydrogen-bond donors (Lipinski definition) is 0. The molecule has 0 aliphatic carbocycles. The third-order valence-corrected chi connectivity index (χ3v) is 3.69. The van der Waals surface area contributed by atoms with Gasteiger partial charge in [-0.05, 0) is 66.2 Å². The zero-order valence-electron chi connectivity index (χ0n) is 18.0. The van der Waals surface area contributed by atoms with Crippen molar-refractivity contribution in [2.24, 2.45) is 0 Å². The highest BCUT2D eigenvalue weighted by atomic mass is 16.6. The number of nitrogens with zero attached hydrogens (tertiary/aromatic N) is 2. The molecule has 2 aromatic rings. The molecule has 0 atom stereocenters.